The summed E-state index contributed by atoms with van der Waals surface area (Å²) in [5.41, 5.74) is 0. The van der Waals surface area contributed by atoms with Gasteiger partial charge in [-0.05, 0) is 0 Å². The molecule has 0 aromatic heterocycles. The maximum absolute atomic E-state index is 11.4. The molecule has 0 rings (SSSR count). The standard InChI is InChI=1S/C3H3F2NO/c4-1-3(5,7)2-6/h7H,1H2. The Morgan fingerprint density at radius 2 is 2.29 bits per heavy atom. The molecule has 0 saturated heterocycles. The summed E-state index contributed by atoms with van der Waals surface area (Å²) in [6, 6.07) is 0.705. The SMILES string of the molecule is N#CC(O)(F)CF. The maximum Gasteiger partial charge on any atom is 0.323 e. The molecule has 1 atom stereocenters. The van der Waals surface area contributed by atoms with Crippen LogP contribution >= 0.6 is 0 Å². The van der Waals surface area contributed by atoms with E-state index in [4.69, 9.17) is 10.4 Å². The summed E-state index contributed by atoms with van der Waals surface area (Å²) < 4.78 is 22.3. The molecule has 40 valence electrons. The van der Waals surface area contributed by atoms with Crippen LogP contribution in [-0.2, 0) is 0 Å². The van der Waals surface area contributed by atoms with Crippen LogP contribution in [0.1, 0.15) is 0 Å². The van der Waals surface area contributed by atoms with Gasteiger partial charge in [0.15, 0.2) is 6.67 Å². The summed E-state index contributed by atoms with van der Waals surface area (Å²) >= 11 is 0. The van der Waals surface area contributed by atoms with Gasteiger partial charge in [0.2, 0.25) is 0 Å². The van der Waals surface area contributed by atoms with E-state index in [-0.39, 0.29) is 0 Å². The van der Waals surface area contributed by atoms with Gasteiger partial charge in [0, 0.05) is 0 Å². The van der Waals surface area contributed by atoms with E-state index in [0.717, 1.165) is 0 Å². The zero-order valence-corrected chi connectivity index (χ0v) is 3.36. The van der Waals surface area contributed by atoms with Gasteiger partial charge < -0.3 is 5.11 Å². The molecule has 0 amide bonds. The average molecular weight is 107 g/mol. The third-order valence-electron chi connectivity index (χ3n) is 0.348. The van der Waals surface area contributed by atoms with E-state index in [0.29, 0.717) is 6.07 Å². The second-order valence-electron chi connectivity index (χ2n) is 1.00. The number of hydrogen-bond donors (Lipinski definition) is 1. The molecule has 4 heteroatoms. The van der Waals surface area contributed by atoms with Gasteiger partial charge in [0.05, 0.1) is 0 Å². The number of hydrogen-bond acceptors (Lipinski definition) is 2. The lowest BCUT2D eigenvalue weighted by Gasteiger charge is -1.99. The fourth-order valence-electron chi connectivity index (χ4n) is 0.0299. The van der Waals surface area contributed by atoms with E-state index < -0.39 is 12.5 Å². The number of aliphatic hydroxyl groups is 1. The fourth-order valence-corrected chi connectivity index (χ4v) is 0.0299. The summed E-state index contributed by atoms with van der Waals surface area (Å²) in [4.78, 5) is 0. The van der Waals surface area contributed by atoms with Gasteiger partial charge in [-0.2, -0.15) is 9.65 Å². The van der Waals surface area contributed by atoms with Crippen molar-refractivity contribution in [3.05, 3.63) is 0 Å². The molecular formula is C3H3F2NO. The van der Waals surface area contributed by atoms with E-state index in [1.165, 1.54) is 0 Å². The number of nitriles is 1. The minimum atomic E-state index is -3.28. The number of alkyl halides is 2. The van der Waals surface area contributed by atoms with Crippen molar-refractivity contribution < 1.29 is 13.9 Å². The fraction of sp³-hybridized carbons (Fsp3) is 0.667. The van der Waals surface area contributed by atoms with Gasteiger partial charge in [-0.1, -0.05) is 0 Å². The predicted octanol–water partition coefficient (Wildman–Crippen LogP) is 0.138. The highest BCUT2D eigenvalue weighted by Crippen LogP contribution is 2.02. The van der Waals surface area contributed by atoms with Crippen molar-refractivity contribution in [2.75, 3.05) is 6.67 Å². The highest BCUT2D eigenvalue weighted by Gasteiger charge is 2.24. The largest absolute Gasteiger partial charge is 0.349 e. The summed E-state index contributed by atoms with van der Waals surface area (Å²) in [6.07, 6.45) is 0. The second-order valence-corrected chi connectivity index (χ2v) is 1.00. The molecule has 0 aromatic carbocycles. The van der Waals surface area contributed by atoms with Crippen molar-refractivity contribution in [3.63, 3.8) is 0 Å². The molecule has 0 aromatic rings. The van der Waals surface area contributed by atoms with Crippen LogP contribution in [0.2, 0.25) is 0 Å². The van der Waals surface area contributed by atoms with Crippen molar-refractivity contribution >= 4 is 0 Å². The first kappa shape index (κ1) is 6.31. The second kappa shape index (κ2) is 1.85. The third kappa shape index (κ3) is 2.06. The van der Waals surface area contributed by atoms with Crippen LogP contribution in [0.4, 0.5) is 8.78 Å². The van der Waals surface area contributed by atoms with Gasteiger partial charge in [0.1, 0.15) is 6.07 Å². The zero-order valence-electron chi connectivity index (χ0n) is 3.36. The molecule has 0 aliphatic heterocycles. The maximum atomic E-state index is 11.4. The molecule has 0 fully saturated rings. The topological polar surface area (TPSA) is 44.0 Å². The van der Waals surface area contributed by atoms with E-state index in [1.807, 2.05) is 0 Å². The molecule has 0 aliphatic carbocycles. The molecule has 1 N–H and O–H groups in total. The molecule has 0 saturated carbocycles. The molecule has 2 nitrogen and oxygen atoms in total. The Labute approximate surface area is 39.0 Å². The lowest BCUT2D eigenvalue weighted by Crippen LogP contribution is -2.21. The first-order valence-corrected chi connectivity index (χ1v) is 1.51. The molecule has 0 radical (unpaired) electrons. The molecule has 7 heavy (non-hydrogen) atoms. The van der Waals surface area contributed by atoms with Crippen molar-refractivity contribution in [3.8, 4) is 6.07 Å². The van der Waals surface area contributed by atoms with Crippen LogP contribution in [0.5, 0.6) is 0 Å². The van der Waals surface area contributed by atoms with E-state index in [1.54, 1.807) is 0 Å². The highest BCUT2D eigenvalue weighted by atomic mass is 19.2. The Kier molecular flexibility index (Phi) is 1.66. The molecule has 0 spiro atoms. The van der Waals surface area contributed by atoms with Gasteiger partial charge in [-0.25, -0.2) is 4.39 Å². The molecule has 0 bridgehead atoms. The molecule has 0 aliphatic rings. The van der Waals surface area contributed by atoms with Gasteiger partial charge in [-0.15, -0.1) is 0 Å². The van der Waals surface area contributed by atoms with Crippen molar-refractivity contribution in [2.24, 2.45) is 0 Å². The summed E-state index contributed by atoms with van der Waals surface area (Å²) in [5, 5.41) is 15.2. The lowest BCUT2D eigenvalue weighted by molar-refractivity contribution is -0.0514. The van der Waals surface area contributed by atoms with Crippen LogP contribution in [0.15, 0.2) is 0 Å². The predicted molar refractivity (Wildman–Crippen MR) is 17.6 cm³/mol. The Balaban J connectivity index is 3.66. The normalized spacial score (nSPS) is 17.4. The van der Waals surface area contributed by atoms with Crippen LogP contribution in [0.3, 0.4) is 0 Å². The molecule has 1 unspecified atom stereocenters. The van der Waals surface area contributed by atoms with Gasteiger partial charge >= 0.3 is 5.85 Å². The smallest absolute Gasteiger partial charge is 0.323 e. The summed E-state index contributed by atoms with van der Waals surface area (Å²) in [5.74, 6) is -3.28. The van der Waals surface area contributed by atoms with Crippen molar-refractivity contribution in [1.82, 2.24) is 0 Å². The Bertz CT molecular complexity index is 95.6. The highest BCUT2D eigenvalue weighted by molar-refractivity contribution is 4.89. The average Bonchev–Trinajstić information content (AvgIpc) is 1.68. The minimum Gasteiger partial charge on any atom is -0.349 e. The summed E-state index contributed by atoms with van der Waals surface area (Å²) in [6.45, 7) is -1.68. The quantitative estimate of drug-likeness (QED) is 0.484. The van der Waals surface area contributed by atoms with Gasteiger partial charge in [-0.3, -0.25) is 0 Å². The first-order chi connectivity index (χ1) is 3.12. The van der Waals surface area contributed by atoms with E-state index >= 15 is 0 Å². The van der Waals surface area contributed by atoms with E-state index in [2.05, 4.69) is 0 Å². The molecule has 0 heterocycles. The zero-order chi connectivity index (χ0) is 5.91. The Morgan fingerprint density at radius 1 is 1.86 bits per heavy atom. The minimum absolute atomic E-state index is 0.705. The van der Waals surface area contributed by atoms with Crippen LogP contribution in [-0.4, -0.2) is 17.6 Å². The van der Waals surface area contributed by atoms with Crippen LogP contribution in [0.25, 0.3) is 0 Å². The van der Waals surface area contributed by atoms with Crippen molar-refractivity contribution in [2.45, 2.75) is 5.85 Å². The monoisotopic (exact) mass is 107 g/mol. The van der Waals surface area contributed by atoms with Crippen LogP contribution in [0, 0.1) is 11.3 Å². The summed E-state index contributed by atoms with van der Waals surface area (Å²) in [7, 11) is 0. The third-order valence-corrected chi connectivity index (χ3v) is 0.348. The van der Waals surface area contributed by atoms with Gasteiger partial charge in [0.25, 0.3) is 0 Å². The Hall–Kier alpha value is -0.690. The number of nitrogens with zero attached hydrogens (tertiary/aromatic N) is 1. The molecular weight excluding hydrogens is 104 g/mol. The Morgan fingerprint density at radius 3 is 2.29 bits per heavy atom. The van der Waals surface area contributed by atoms with Crippen LogP contribution < -0.4 is 0 Å². The first-order valence-electron chi connectivity index (χ1n) is 1.51. The lowest BCUT2D eigenvalue weighted by atomic mass is 10.4. The van der Waals surface area contributed by atoms with E-state index in [9.17, 15) is 8.78 Å². The number of halogens is 2. The number of rotatable bonds is 1. The van der Waals surface area contributed by atoms with Crippen molar-refractivity contribution in [1.29, 1.82) is 5.26 Å².